The number of nitrogens with zero attached hydrogens (tertiary/aromatic N) is 2. The number of rotatable bonds is 6. The van der Waals surface area contributed by atoms with Crippen LogP contribution in [-0.4, -0.2) is 16.3 Å². The first kappa shape index (κ1) is 11.0. The van der Waals surface area contributed by atoms with Crippen LogP contribution in [-0.2, 0) is 13.1 Å². The molecule has 0 atom stereocenters. The van der Waals surface area contributed by atoms with Crippen molar-refractivity contribution in [3.05, 3.63) is 30.1 Å². The van der Waals surface area contributed by atoms with E-state index in [-0.39, 0.29) is 0 Å². The fourth-order valence-electron chi connectivity index (χ4n) is 1.44. The van der Waals surface area contributed by atoms with E-state index in [2.05, 4.69) is 30.0 Å². The minimum atomic E-state index is 0.891. The molecule has 0 aliphatic rings. The van der Waals surface area contributed by atoms with Crippen LogP contribution in [0.4, 0.5) is 0 Å². The molecule has 0 radical (unpaired) electrons. The van der Waals surface area contributed by atoms with Crippen molar-refractivity contribution in [3.8, 4) is 0 Å². The van der Waals surface area contributed by atoms with E-state index in [1.807, 2.05) is 17.7 Å². The smallest absolute Gasteiger partial charge is 0.0597 e. The molecule has 0 aliphatic carbocycles. The van der Waals surface area contributed by atoms with Crippen molar-refractivity contribution in [1.82, 2.24) is 15.1 Å². The summed E-state index contributed by atoms with van der Waals surface area (Å²) in [6, 6.07) is 2.13. The Hall–Kier alpha value is -1.09. The van der Waals surface area contributed by atoms with Crippen LogP contribution in [0.25, 0.3) is 0 Å². The Morgan fingerprint density at radius 1 is 1.64 bits per heavy atom. The van der Waals surface area contributed by atoms with E-state index in [0.717, 1.165) is 31.7 Å². The van der Waals surface area contributed by atoms with Crippen LogP contribution in [0.3, 0.4) is 0 Å². The minimum absolute atomic E-state index is 0.891. The Bertz CT molecular complexity index is 289. The van der Waals surface area contributed by atoms with Crippen LogP contribution < -0.4 is 5.32 Å². The summed E-state index contributed by atoms with van der Waals surface area (Å²) in [6.45, 7) is 10.6. The van der Waals surface area contributed by atoms with Gasteiger partial charge in [-0.1, -0.05) is 6.08 Å². The fourth-order valence-corrected chi connectivity index (χ4v) is 1.44. The molecular weight excluding hydrogens is 174 g/mol. The molecule has 0 amide bonds. The summed E-state index contributed by atoms with van der Waals surface area (Å²) in [4.78, 5) is 0. The average molecular weight is 193 g/mol. The lowest BCUT2D eigenvalue weighted by molar-refractivity contribution is 0.581. The average Bonchev–Trinajstić information content (AvgIpc) is 2.54. The van der Waals surface area contributed by atoms with Gasteiger partial charge in [0.15, 0.2) is 0 Å². The normalized spacial score (nSPS) is 10.4. The van der Waals surface area contributed by atoms with E-state index in [1.165, 1.54) is 5.69 Å². The second-order valence-corrected chi connectivity index (χ2v) is 3.35. The van der Waals surface area contributed by atoms with Crippen molar-refractivity contribution in [2.45, 2.75) is 33.4 Å². The van der Waals surface area contributed by atoms with Crippen molar-refractivity contribution in [3.63, 3.8) is 0 Å². The lowest BCUT2D eigenvalue weighted by Gasteiger charge is -2.05. The van der Waals surface area contributed by atoms with Gasteiger partial charge in [-0.15, -0.1) is 6.58 Å². The van der Waals surface area contributed by atoms with E-state index in [4.69, 9.17) is 0 Å². The summed E-state index contributed by atoms with van der Waals surface area (Å²) >= 11 is 0. The molecule has 1 rings (SSSR count). The van der Waals surface area contributed by atoms with Gasteiger partial charge in [-0.2, -0.15) is 5.10 Å². The van der Waals surface area contributed by atoms with Crippen molar-refractivity contribution in [2.75, 3.05) is 6.54 Å². The third kappa shape index (κ3) is 3.00. The zero-order valence-corrected chi connectivity index (χ0v) is 9.08. The first-order valence-electron chi connectivity index (χ1n) is 5.13. The molecule has 0 saturated carbocycles. The quantitative estimate of drug-likeness (QED) is 0.552. The molecule has 0 aromatic carbocycles. The molecule has 1 heterocycles. The molecular formula is C11H19N3. The van der Waals surface area contributed by atoms with Gasteiger partial charge in [0.2, 0.25) is 0 Å². The van der Waals surface area contributed by atoms with Gasteiger partial charge in [-0.25, -0.2) is 0 Å². The molecule has 1 N–H and O–H groups in total. The number of aromatic nitrogens is 2. The number of nitrogens with one attached hydrogen (secondary N) is 1. The van der Waals surface area contributed by atoms with Gasteiger partial charge in [-0.3, -0.25) is 4.68 Å². The standard InChI is InChI=1S/C11H19N3/c1-4-6-7-12-9-11-8-10(3)13-14(11)5-2/h4,8,12H,1,5-7,9H2,2-3H3. The predicted molar refractivity (Wildman–Crippen MR) is 59.2 cm³/mol. The van der Waals surface area contributed by atoms with Gasteiger partial charge >= 0.3 is 0 Å². The second-order valence-electron chi connectivity index (χ2n) is 3.35. The second kappa shape index (κ2) is 5.60. The maximum absolute atomic E-state index is 4.38. The molecule has 0 aliphatic heterocycles. The van der Waals surface area contributed by atoms with Crippen LogP contribution in [0, 0.1) is 6.92 Å². The van der Waals surface area contributed by atoms with E-state index in [0.29, 0.717) is 0 Å². The molecule has 0 bridgehead atoms. The summed E-state index contributed by atoms with van der Waals surface area (Å²) < 4.78 is 2.04. The van der Waals surface area contributed by atoms with Crippen molar-refractivity contribution < 1.29 is 0 Å². The summed E-state index contributed by atoms with van der Waals surface area (Å²) in [5, 5.41) is 7.74. The van der Waals surface area contributed by atoms with Crippen LogP contribution in [0.5, 0.6) is 0 Å². The third-order valence-electron chi connectivity index (χ3n) is 2.12. The molecule has 14 heavy (non-hydrogen) atoms. The lowest BCUT2D eigenvalue weighted by Crippen LogP contribution is -2.17. The van der Waals surface area contributed by atoms with Gasteiger partial charge in [0.05, 0.1) is 11.4 Å². The highest BCUT2D eigenvalue weighted by atomic mass is 15.3. The van der Waals surface area contributed by atoms with Crippen LogP contribution in [0.15, 0.2) is 18.7 Å². The number of hydrogen-bond acceptors (Lipinski definition) is 2. The molecule has 0 spiro atoms. The van der Waals surface area contributed by atoms with Crippen molar-refractivity contribution in [1.29, 1.82) is 0 Å². The number of hydrogen-bond donors (Lipinski definition) is 1. The number of aryl methyl sites for hydroxylation is 2. The Morgan fingerprint density at radius 2 is 2.43 bits per heavy atom. The third-order valence-corrected chi connectivity index (χ3v) is 2.12. The van der Waals surface area contributed by atoms with Crippen LogP contribution in [0.1, 0.15) is 24.7 Å². The molecule has 78 valence electrons. The minimum Gasteiger partial charge on any atom is -0.311 e. The van der Waals surface area contributed by atoms with E-state index < -0.39 is 0 Å². The largest absolute Gasteiger partial charge is 0.311 e. The Labute approximate surface area is 85.8 Å². The Balaban J connectivity index is 2.44. The first-order valence-corrected chi connectivity index (χ1v) is 5.13. The molecule has 0 fully saturated rings. The Morgan fingerprint density at radius 3 is 3.07 bits per heavy atom. The zero-order valence-electron chi connectivity index (χ0n) is 9.08. The monoisotopic (exact) mass is 193 g/mol. The van der Waals surface area contributed by atoms with Crippen LogP contribution in [0.2, 0.25) is 0 Å². The molecule has 0 saturated heterocycles. The molecule has 1 aromatic rings. The maximum atomic E-state index is 4.38. The van der Waals surface area contributed by atoms with Crippen LogP contribution >= 0.6 is 0 Å². The molecule has 3 heteroatoms. The van der Waals surface area contributed by atoms with E-state index in [9.17, 15) is 0 Å². The molecule has 0 unspecified atom stereocenters. The first-order chi connectivity index (χ1) is 6.77. The summed E-state index contributed by atoms with van der Waals surface area (Å²) in [5.74, 6) is 0. The van der Waals surface area contributed by atoms with Gasteiger partial charge < -0.3 is 5.32 Å². The van der Waals surface area contributed by atoms with Gasteiger partial charge in [0, 0.05) is 13.1 Å². The topological polar surface area (TPSA) is 29.9 Å². The molecule has 1 aromatic heterocycles. The van der Waals surface area contributed by atoms with Crippen molar-refractivity contribution in [2.24, 2.45) is 0 Å². The van der Waals surface area contributed by atoms with E-state index >= 15 is 0 Å². The summed E-state index contributed by atoms with van der Waals surface area (Å²) in [7, 11) is 0. The van der Waals surface area contributed by atoms with E-state index in [1.54, 1.807) is 0 Å². The SMILES string of the molecule is C=CCCNCc1cc(C)nn1CC. The molecule has 3 nitrogen and oxygen atoms in total. The van der Waals surface area contributed by atoms with Gasteiger partial charge in [0.25, 0.3) is 0 Å². The van der Waals surface area contributed by atoms with Crippen molar-refractivity contribution >= 4 is 0 Å². The highest BCUT2D eigenvalue weighted by Crippen LogP contribution is 2.02. The lowest BCUT2D eigenvalue weighted by atomic mass is 10.3. The Kier molecular flexibility index (Phi) is 4.40. The van der Waals surface area contributed by atoms with Gasteiger partial charge in [0.1, 0.15) is 0 Å². The predicted octanol–water partition coefficient (Wildman–Crippen LogP) is 1.88. The fraction of sp³-hybridized carbons (Fsp3) is 0.545. The summed E-state index contributed by atoms with van der Waals surface area (Å²) in [6.07, 6.45) is 2.94. The maximum Gasteiger partial charge on any atom is 0.0597 e. The zero-order chi connectivity index (χ0) is 10.4. The highest BCUT2D eigenvalue weighted by Gasteiger charge is 2.02. The summed E-state index contributed by atoms with van der Waals surface area (Å²) in [5.41, 5.74) is 2.35. The highest BCUT2D eigenvalue weighted by molar-refractivity contribution is 5.08. The van der Waals surface area contributed by atoms with Gasteiger partial charge in [-0.05, 0) is 32.9 Å².